The van der Waals surface area contributed by atoms with Gasteiger partial charge in [-0.05, 0) is 42.3 Å². The summed E-state index contributed by atoms with van der Waals surface area (Å²) in [6.07, 6.45) is 3.30. The van der Waals surface area contributed by atoms with Crippen LogP contribution < -0.4 is 9.47 Å². The molecule has 6 heteroatoms. The predicted molar refractivity (Wildman–Crippen MR) is 116 cm³/mol. The molecule has 4 rings (SSSR count). The molecule has 0 radical (unpaired) electrons. The molecule has 6 nitrogen and oxygen atoms in total. The van der Waals surface area contributed by atoms with Gasteiger partial charge in [0.15, 0.2) is 11.4 Å². The van der Waals surface area contributed by atoms with Crippen LogP contribution in [-0.4, -0.2) is 27.8 Å². The van der Waals surface area contributed by atoms with Crippen molar-refractivity contribution >= 4 is 16.9 Å². The summed E-state index contributed by atoms with van der Waals surface area (Å²) in [6, 6.07) is 15.4. The van der Waals surface area contributed by atoms with Crippen molar-refractivity contribution in [2.75, 3.05) is 7.11 Å². The van der Waals surface area contributed by atoms with E-state index in [0.717, 1.165) is 22.6 Å². The molecule has 0 bridgehead atoms. The molecule has 2 heterocycles. The van der Waals surface area contributed by atoms with E-state index in [4.69, 9.17) is 9.47 Å². The lowest BCUT2D eigenvalue weighted by Crippen LogP contribution is -1.99. The number of aromatic nitrogens is 3. The van der Waals surface area contributed by atoms with Crippen molar-refractivity contribution in [2.45, 2.75) is 13.5 Å². The molecule has 0 fully saturated rings. The number of benzene rings is 2. The zero-order valence-electron chi connectivity index (χ0n) is 16.8. The lowest BCUT2D eigenvalue weighted by atomic mass is 10.1. The molecular weight excluding hydrogens is 378 g/mol. The molecule has 30 heavy (non-hydrogen) atoms. The number of allylic oxidation sites excluding steroid dienone is 1. The highest BCUT2D eigenvalue weighted by Gasteiger charge is 2.15. The highest BCUT2D eigenvalue weighted by atomic mass is 16.5. The van der Waals surface area contributed by atoms with E-state index < -0.39 is 0 Å². The molecule has 0 saturated carbocycles. The number of methoxy groups -OCH3 is 1. The number of ketones is 1. The maximum atomic E-state index is 12.4. The van der Waals surface area contributed by atoms with Crippen LogP contribution in [0.25, 0.3) is 22.4 Å². The van der Waals surface area contributed by atoms with Crippen LogP contribution in [0.1, 0.15) is 22.8 Å². The van der Waals surface area contributed by atoms with E-state index in [1.807, 2.05) is 48.5 Å². The number of nitrogens with one attached hydrogen (secondary N) is 1. The van der Waals surface area contributed by atoms with Crippen molar-refractivity contribution in [3.63, 3.8) is 0 Å². The van der Waals surface area contributed by atoms with Gasteiger partial charge in [-0.2, -0.15) is 0 Å². The molecule has 0 unspecified atom stereocenters. The van der Waals surface area contributed by atoms with Crippen molar-refractivity contribution < 1.29 is 14.3 Å². The Bertz CT molecular complexity index is 1230. The van der Waals surface area contributed by atoms with Crippen LogP contribution in [-0.2, 0) is 6.61 Å². The van der Waals surface area contributed by atoms with E-state index in [2.05, 4.69) is 21.5 Å². The number of H-pyrrole nitrogens is 1. The summed E-state index contributed by atoms with van der Waals surface area (Å²) >= 11 is 0. The summed E-state index contributed by atoms with van der Waals surface area (Å²) in [6.45, 7) is 5.85. The van der Waals surface area contributed by atoms with E-state index in [1.54, 1.807) is 26.4 Å². The van der Waals surface area contributed by atoms with Crippen LogP contribution in [0.15, 0.2) is 73.1 Å². The number of hydrogen-bond acceptors (Lipinski definition) is 5. The van der Waals surface area contributed by atoms with Crippen LogP contribution in [0.5, 0.6) is 11.5 Å². The van der Waals surface area contributed by atoms with E-state index in [9.17, 15) is 4.79 Å². The van der Waals surface area contributed by atoms with Crippen LogP contribution in [0, 0.1) is 0 Å². The van der Waals surface area contributed by atoms with Gasteiger partial charge in [-0.1, -0.05) is 30.8 Å². The first kappa shape index (κ1) is 19.4. The van der Waals surface area contributed by atoms with E-state index in [0.29, 0.717) is 34.6 Å². The van der Waals surface area contributed by atoms with Crippen molar-refractivity contribution in [3.8, 4) is 22.8 Å². The fourth-order valence-corrected chi connectivity index (χ4v) is 3.07. The highest BCUT2D eigenvalue weighted by molar-refractivity contribution is 6.14. The van der Waals surface area contributed by atoms with Gasteiger partial charge in [0.1, 0.15) is 23.6 Å². The zero-order valence-corrected chi connectivity index (χ0v) is 16.8. The van der Waals surface area contributed by atoms with Gasteiger partial charge in [-0.15, -0.1) is 0 Å². The molecule has 4 aromatic rings. The monoisotopic (exact) mass is 399 g/mol. The first-order valence-electron chi connectivity index (χ1n) is 9.45. The largest absolute Gasteiger partial charge is 0.497 e. The predicted octanol–water partition coefficient (Wildman–Crippen LogP) is 4.97. The Labute approximate surface area is 174 Å². The highest BCUT2D eigenvalue weighted by Crippen LogP contribution is 2.26. The number of fused-ring (bicyclic) bond motifs is 1. The second kappa shape index (κ2) is 8.21. The molecule has 2 aromatic carbocycles. The van der Waals surface area contributed by atoms with Crippen LogP contribution in [0.3, 0.4) is 0 Å². The Morgan fingerprint density at radius 2 is 1.93 bits per heavy atom. The Morgan fingerprint density at radius 3 is 2.67 bits per heavy atom. The third-order valence-corrected chi connectivity index (χ3v) is 4.71. The second-order valence-corrected chi connectivity index (χ2v) is 6.93. The zero-order chi connectivity index (χ0) is 21.1. The maximum Gasteiger partial charge on any atom is 0.191 e. The summed E-state index contributed by atoms with van der Waals surface area (Å²) in [5.74, 6) is 1.38. The van der Waals surface area contributed by atoms with Crippen molar-refractivity contribution in [3.05, 3.63) is 84.2 Å². The number of carbonyl (C=O) groups excluding carboxylic acids is 1. The average Bonchev–Trinajstić information content (AvgIpc) is 3.20. The summed E-state index contributed by atoms with van der Waals surface area (Å²) in [4.78, 5) is 24.4. The maximum absolute atomic E-state index is 12.4. The minimum atomic E-state index is -0.149. The Morgan fingerprint density at radius 1 is 1.13 bits per heavy atom. The van der Waals surface area contributed by atoms with Gasteiger partial charge in [-0.3, -0.25) is 4.79 Å². The second-order valence-electron chi connectivity index (χ2n) is 6.93. The number of Topliss-reactive ketones (excluding diaryl/α,β-unsaturated/α-hetero) is 1. The Hall–Kier alpha value is -3.93. The third-order valence-electron chi connectivity index (χ3n) is 4.71. The average molecular weight is 399 g/mol. The molecule has 0 aliphatic carbocycles. The van der Waals surface area contributed by atoms with Gasteiger partial charge < -0.3 is 14.5 Å². The molecule has 1 N–H and O–H groups in total. The quantitative estimate of drug-likeness (QED) is 0.351. The standard InChI is InChI=1S/C24H21N3O3/c1-15(2)23(28)20-12-25-24-22(20)27-21(13-26-24)17-5-4-6-19(11-17)30-14-16-7-9-18(29-3)10-8-16/h4-13H,1,14H2,2-3H3,(H,25,26). The van der Waals surface area contributed by atoms with Gasteiger partial charge in [-0.25, -0.2) is 9.97 Å². The fourth-order valence-electron chi connectivity index (χ4n) is 3.07. The van der Waals surface area contributed by atoms with Gasteiger partial charge in [0.05, 0.1) is 24.6 Å². The topological polar surface area (TPSA) is 77.1 Å². The Balaban J connectivity index is 1.58. The first-order chi connectivity index (χ1) is 14.5. The van der Waals surface area contributed by atoms with Crippen LogP contribution in [0.2, 0.25) is 0 Å². The van der Waals surface area contributed by atoms with E-state index in [-0.39, 0.29) is 5.78 Å². The van der Waals surface area contributed by atoms with Gasteiger partial charge in [0.2, 0.25) is 0 Å². The summed E-state index contributed by atoms with van der Waals surface area (Å²) in [7, 11) is 1.64. The molecule has 0 atom stereocenters. The molecule has 2 aromatic heterocycles. The van der Waals surface area contributed by atoms with Crippen molar-refractivity contribution in [2.24, 2.45) is 0 Å². The molecule has 0 aliphatic rings. The summed E-state index contributed by atoms with van der Waals surface area (Å²) in [5, 5.41) is 0. The lowest BCUT2D eigenvalue weighted by molar-refractivity contribution is 0.103. The smallest absolute Gasteiger partial charge is 0.191 e. The number of ether oxygens (including phenoxy) is 2. The van der Waals surface area contributed by atoms with Crippen molar-refractivity contribution in [1.29, 1.82) is 0 Å². The minimum Gasteiger partial charge on any atom is -0.497 e. The van der Waals surface area contributed by atoms with Crippen molar-refractivity contribution in [1.82, 2.24) is 15.0 Å². The number of hydrogen-bond donors (Lipinski definition) is 1. The summed E-state index contributed by atoms with van der Waals surface area (Å²) < 4.78 is 11.1. The minimum absolute atomic E-state index is 0.149. The number of carbonyl (C=O) groups is 1. The summed E-state index contributed by atoms with van der Waals surface area (Å²) in [5.41, 5.74) is 4.58. The molecule has 0 saturated heterocycles. The molecular formula is C24H21N3O3. The third kappa shape index (κ3) is 3.93. The SMILES string of the molecule is C=C(C)C(=O)c1c[nH]c2ncc(-c3cccc(OCc4ccc(OC)cc4)c3)nc12. The molecule has 150 valence electrons. The number of nitrogens with zero attached hydrogens (tertiary/aromatic N) is 2. The lowest BCUT2D eigenvalue weighted by Gasteiger charge is -2.09. The fraction of sp³-hybridized carbons (Fsp3) is 0.125. The molecule has 0 amide bonds. The van der Waals surface area contributed by atoms with Crippen LogP contribution >= 0.6 is 0 Å². The number of aromatic amines is 1. The van der Waals surface area contributed by atoms with Gasteiger partial charge in [0, 0.05) is 11.8 Å². The number of rotatable bonds is 7. The van der Waals surface area contributed by atoms with Gasteiger partial charge >= 0.3 is 0 Å². The molecule has 0 aliphatic heterocycles. The first-order valence-corrected chi connectivity index (χ1v) is 9.45. The van der Waals surface area contributed by atoms with E-state index >= 15 is 0 Å². The molecule has 0 spiro atoms. The Kier molecular flexibility index (Phi) is 5.30. The van der Waals surface area contributed by atoms with Gasteiger partial charge in [0.25, 0.3) is 0 Å². The van der Waals surface area contributed by atoms with Crippen LogP contribution in [0.4, 0.5) is 0 Å². The van der Waals surface area contributed by atoms with E-state index in [1.165, 1.54) is 0 Å². The normalized spacial score (nSPS) is 10.7.